The number of hydrogen-bond acceptors (Lipinski definition) is 3. The first-order chi connectivity index (χ1) is 17.3. The molecule has 2 N–H and O–H groups in total. The predicted octanol–water partition coefficient (Wildman–Crippen LogP) is 6.90. The molecule has 0 bridgehead atoms. The number of rotatable bonds is 5. The van der Waals surface area contributed by atoms with E-state index in [1.807, 2.05) is 23.1 Å². The van der Waals surface area contributed by atoms with E-state index in [1.54, 1.807) is 24.4 Å². The van der Waals surface area contributed by atoms with Crippen LogP contribution in [0.5, 0.6) is 5.75 Å². The number of aryl methyl sites for hydroxylation is 3. The van der Waals surface area contributed by atoms with Crippen molar-refractivity contribution in [2.75, 3.05) is 4.90 Å². The van der Waals surface area contributed by atoms with E-state index in [1.165, 1.54) is 16.8 Å². The monoisotopic (exact) mass is 516 g/mol. The lowest BCUT2D eigenvalue weighted by atomic mass is 9.96. The highest BCUT2D eigenvalue weighted by Gasteiger charge is 2.43. The van der Waals surface area contributed by atoms with E-state index in [4.69, 9.17) is 23.8 Å². The topological polar surface area (TPSA) is 53.3 Å². The second-order valence-electron chi connectivity index (χ2n) is 9.23. The molecule has 2 atom stereocenters. The van der Waals surface area contributed by atoms with Crippen LogP contribution in [0.4, 0.5) is 5.69 Å². The van der Waals surface area contributed by atoms with Gasteiger partial charge in [0.15, 0.2) is 5.11 Å². The Bertz CT molecular complexity index is 1450. The van der Waals surface area contributed by atoms with Crippen LogP contribution in [0, 0.1) is 20.8 Å². The fourth-order valence-electron chi connectivity index (χ4n) is 5.38. The van der Waals surface area contributed by atoms with Crippen LogP contribution in [0.1, 0.15) is 52.8 Å². The van der Waals surface area contributed by atoms with Gasteiger partial charge in [0.2, 0.25) is 0 Å². The summed E-state index contributed by atoms with van der Waals surface area (Å²) in [5, 5.41) is 15.4. The summed E-state index contributed by atoms with van der Waals surface area (Å²) in [6.45, 7) is 8.64. The van der Waals surface area contributed by atoms with E-state index < -0.39 is 0 Å². The number of halogens is 1. The maximum Gasteiger partial charge on any atom is 0.174 e. The Morgan fingerprint density at radius 1 is 1.06 bits per heavy atom. The number of nitrogens with zero attached hydrogens (tertiary/aromatic N) is 3. The number of para-hydroxylation sites is 1. The van der Waals surface area contributed by atoms with Gasteiger partial charge >= 0.3 is 0 Å². The first-order valence-electron chi connectivity index (χ1n) is 12.1. The quantitative estimate of drug-likeness (QED) is 0.283. The van der Waals surface area contributed by atoms with Gasteiger partial charge in [-0.2, -0.15) is 0 Å². The molecule has 0 radical (unpaired) electrons. The number of aromatic nitrogens is 2. The summed E-state index contributed by atoms with van der Waals surface area (Å²) in [5.41, 5.74) is 8.57. The Balaban J connectivity index is 1.74. The largest absolute Gasteiger partial charge is 0.506 e. The SMILES string of the molecule is CCc1cccc(C)c1-n1c(C)cc([C@@H]2[C@H](c3ccccn3)NC(=S)N2c2cc(Cl)ccc2O)c1C. The zero-order valence-electron chi connectivity index (χ0n) is 20.8. The lowest BCUT2D eigenvalue weighted by molar-refractivity contribution is 0.472. The zero-order chi connectivity index (χ0) is 25.6. The third-order valence-electron chi connectivity index (χ3n) is 7.01. The molecule has 0 unspecified atom stereocenters. The van der Waals surface area contributed by atoms with E-state index in [-0.39, 0.29) is 17.8 Å². The van der Waals surface area contributed by atoms with Gasteiger partial charge in [-0.1, -0.05) is 42.8 Å². The first-order valence-corrected chi connectivity index (χ1v) is 12.9. The molecule has 36 heavy (non-hydrogen) atoms. The number of anilines is 1. The molecule has 0 amide bonds. The average Bonchev–Trinajstić information content (AvgIpc) is 3.36. The minimum atomic E-state index is -0.245. The van der Waals surface area contributed by atoms with Crippen molar-refractivity contribution in [3.63, 3.8) is 0 Å². The van der Waals surface area contributed by atoms with Crippen molar-refractivity contribution in [1.82, 2.24) is 14.9 Å². The molecule has 0 aliphatic carbocycles. The zero-order valence-corrected chi connectivity index (χ0v) is 22.4. The minimum absolute atomic E-state index is 0.121. The number of phenols is 1. The fourth-order valence-corrected chi connectivity index (χ4v) is 5.88. The number of hydrogen-bond donors (Lipinski definition) is 2. The number of thiocarbonyl (C=S) groups is 1. The summed E-state index contributed by atoms with van der Waals surface area (Å²) < 4.78 is 2.34. The molecular formula is C29H29ClN4OS. The van der Waals surface area contributed by atoms with E-state index >= 15 is 0 Å². The van der Waals surface area contributed by atoms with E-state index in [0.29, 0.717) is 15.8 Å². The molecule has 3 heterocycles. The smallest absolute Gasteiger partial charge is 0.174 e. The minimum Gasteiger partial charge on any atom is -0.506 e. The van der Waals surface area contributed by atoms with Crippen molar-refractivity contribution in [2.24, 2.45) is 0 Å². The number of phenolic OH excluding ortho intramolecular Hbond substituents is 1. The third kappa shape index (κ3) is 4.04. The molecular weight excluding hydrogens is 488 g/mol. The Labute approximate surface area is 222 Å². The van der Waals surface area contributed by atoms with Crippen LogP contribution in [0.25, 0.3) is 5.69 Å². The normalized spacial score (nSPS) is 17.5. The number of nitrogens with one attached hydrogen (secondary N) is 1. The van der Waals surface area contributed by atoms with Gasteiger partial charge in [0.05, 0.1) is 29.2 Å². The van der Waals surface area contributed by atoms with E-state index in [2.05, 4.69) is 66.8 Å². The molecule has 1 saturated heterocycles. The number of pyridine rings is 1. The summed E-state index contributed by atoms with van der Waals surface area (Å²) >= 11 is 12.2. The first kappa shape index (κ1) is 24.3. The highest BCUT2D eigenvalue weighted by Crippen LogP contribution is 2.46. The Morgan fingerprint density at radius 3 is 2.58 bits per heavy atom. The summed E-state index contributed by atoms with van der Waals surface area (Å²) in [6.07, 6.45) is 2.73. The van der Waals surface area contributed by atoms with Crippen LogP contribution < -0.4 is 10.2 Å². The van der Waals surface area contributed by atoms with Gasteiger partial charge in [-0.05, 0) is 92.5 Å². The fraction of sp³-hybridized carbons (Fsp3) is 0.241. The van der Waals surface area contributed by atoms with Gasteiger partial charge in [0, 0.05) is 22.6 Å². The van der Waals surface area contributed by atoms with Gasteiger partial charge in [-0.15, -0.1) is 0 Å². The maximum absolute atomic E-state index is 10.8. The summed E-state index contributed by atoms with van der Waals surface area (Å²) in [6, 6.07) is 19.2. The highest BCUT2D eigenvalue weighted by atomic mass is 35.5. The molecule has 0 saturated carbocycles. The van der Waals surface area contributed by atoms with Gasteiger partial charge in [-0.25, -0.2) is 0 Å². The summed E-state index contributed by atoms with van der Waals surface area (Å²) in [4.78, 5) is 6.63. The molecule has 1 fully saturated rings. The van der Waals surface area contributed by atoms with Gasteiger partial charge in [0.25, 0.3) is 0 Å². The van der Waals surface area contributed by atoms with Crippen molar-refractivity contribution in [2.45, 2.75) is 46.2 Å². The van der Waals surface area contributed by atoms with Crippen molar-refractivity contribution in [3.8, 4) is 11.4 Å². The van der Waals surface area contributed by atoms with Crippen LogP contribution in [-0.2, 0) is 6.42 Å². The second-order valence-corrected chi connectivity index (χ2v) is 10.1. The van der Waals surface area contributed by atoms with Gasteiger partial charge in [-0.3, -0.25) is 4.98 Å². The molecule has 1 aliphatic rings. The highest BCUT2D eigenvalue weighted by molar-refractivity contribution is 7.80. The summed E-state index contributed by atoms with van der Waals surface area (Å²) in [7, 11) is 0. The van der Waals surface area contributed by atoms with Crippen molar-refractivity contribution in [3.05, 3.63) is 106 Å². The molecule has 2 aromatic carbocycles. The maximum atomic E-state index is 10.8. The van der Waals surface area contributed by atoms with Crippen molar-refractivity contribution in [1.29, 1.82) is 0 Å². The molecule has 184 valence electrons. The average molecular weight is 517 g/mol. The molecule has 0 spiro atoms. The summed E-state index contributed by atoms with van der Waals surface area (Å²) in [5.74, 6) is 0.121. The third-order valence-corrected chi connectivity index (χ3v) is 7.56. The van der Waals surface area contributed by atoms with E-state index in [9.17, 15) is 5.11 Å². The van der Waals surface area contributed by atoms with Crippen LogP contribution in [0.2, 0.25) is 5.02 Å². The van der Waals surface area contributed by atoms with Crippen LogP contribution in [-0.4, -0.2) is 19.8 Å². The van der Waals surface area contributed by atoms with Crippen LogP contribution >= 0.6 is 23.8 Å². The Morgan fingerprint density at radius 2 is 1.86 bits per heavy atom. The molecule has 4 aromatic rings. The standard InChI is InChI=1S/C29H29ClN4OS/c1-5-20-10-8-9-17(2)27(20)33-18(3)15-22(19(33)4)28-26(23-11-6-7-14-31-23)32-29(36)34(28)24-16-21(30)12-13-25(24)35/h6-16,26,28,35H,5H2,1-4H3,(H,32,36)/t26-,28+/m0/s1. The lowest BCUT2D eigenvalue weighted by Gasteiger charge is -2.29. The van der Waals surface area contributed by atoms with Crippen molar-refractivity contribution >= 4 is 34.6 Å². The molecule has 2 aromatic heterocycles. The van der Waals surface area contributed by atoms with Crippen LogP contribution in [0.3, 0.4) is 0 Å². The molecule has 5 rings (SSSR count). The van der Waals surface area contributed by atoms with Gasteiger partial charge < -0.3 is 19.9 Å². The molecule has 1 aliphatic heterocycles. The van der Waals surface area contributed by atoms with Gasteiger partial charge in [0.1, 0.15) is 5.75 Å². The van der Waals surface area contributed by atoms with Crippen molar-refractivity contribution < 1.29 is 5.11 Å². The second kappa shape index (κ2) is 9.60. The van der Waals surface area contributed by atoms with Crippen LogP contribution in [0.15, 0.2) is 66.9 Å². The number of benzene rings is 2. The Kier molecular flexibility index (Phi) is 6.49. The van der Waals surface area contributed by atoms with E-state index in [0.717, 1.165) is 29.1 Å². The molecule has 5 nitrogen and oxygen atoms in total. The Hall–Kier alpha value is -3.35. The lowest BCUT2D eigenvalue weighted by Crippen LogP contribution is -2.29. The number of aromatic hydroxyl groups is 1. The predicted molar refractivity (Wildman–Crippen MR) is 150 cm³/mol. The molecule has 7 heteroatoms.